The first-order valence-corrected chi connectivity index (χ1v) is 10.2. The largest absolute Gasteiger partial charge is 0.351 e. The molecular formula is C20H27N3O3. The summed E-state index contributed by atoms with van der Waals surface area (Å²) >= 11 is 0. The van der Waals surface area contributed by atoms with Crippen molar-refractivity contribution in [3.05, 3.63) is 17.5 Å². The van der Waals surface area contributed by atoms with Crippen molar-refractivity contribution >= 4 is 11.8 Å². The van der Waals surface area contributed by atoms with Gasteiger partial charge in [0.15, 0.2) is 0 Å². The molecule has 2 aliphatic heterocycles. The zero-order valence-electron chi connectivity index (χ0n) is 15.3. The first-order chi connectivity index (χ1) is 12.7. The van der Waals surface area contributed by atoms with Gasteiger partial charge in [0.2, 0.25) is 11.7 Å². The third kappa shape index (κ3) is 2.65. The van der Waals surface area contributed by atoms with Crippen molar-refractivity contribution in [2.45, 2.75) is 69.7 Å². The molecule has 4 aliphatic rings. The predicted octanol–water partition coefficient (Wildman–Crippen LogP) is 2.95. The average Bonchev–Trinajstić information content (AvgIpc) is 3.10. The van der Waals surface area contributed by atoms with Crippen LogP contribution in [0.3, 0.4) is 0 Å². The first-order valence-electron chi connectivity index (χ1n) is 10.2. The minimum Gasteiger partial charge on any atom is -0.351 e. The van der Waals surface area contributed by atoms with Gasteiger partial charge < -0.3 is 14.3 Å². The molecule has 3 heterocycles. The molecule has 6 heteroatoms. The number of nitrogens with zero attached hydrogens (tertiary/aromatic N) is 3. The van der Waals surface area contributed by atoms with Gasteiger partial charge in [-0.2, -0.15) is 0 Å². The first kappa shape index (κ1) is 16.3. The Morgan fingerprint density at radius 1 is 1.12 bits per heavy atom. The summed E-state index contributed by atoms with van der Waals surface area (Å²) in [5, 5.41) is 4.06. The van der Waals surface area contributed by atoms with Crippen molar-refractivity contribution in [1.29, 1.82) is 0 Å². The molecule has 26 heavy (non-hydrogen) atoms. The molecule has 1 aromatic rings. The molecule has 2 saturated heterocycles. The van der Waals surface area contributed by atoms with Gasteiger partial charge in [-0.1, -0.05) is 18.0 Å². The normalized spacial score (nSPS) is 29.9. The topological polar surface area (TPSA) is 66.7 Å². The van der Waals surface area contributed by atoms with E-state index in [-0.39, 0.29) is 11.3 Å². The van der Waals surface area contributed by atoms with E-state index in [0.717, 1.165) is 57.2 Å². The van der Waals surface area contributed by atoms with E-state index in [9.17, 15) is 9.59 Å². The Balaban J connectivity index is 1.30. The van der Waals surface area contributed by atoms with E-state index < -0.39 is 0 Å². The molecule has 2 aliphatic carbocycles. The van der Waals surface area contributed by atoms with Crippen molar-refractivity contribution in [3.63, 3.8) is 0 Å². The van der Waals surface area contributed by atoms with Crippen LogP contribution in [0.1, 0.15) is 80.0 Å². The monoisotopic (exact) mass is 357 g/mol. The lowest BCUT2D eigenvalue weighted by Gasteiger charge is -2.42. The van der Waals surface area contributed by atoms with E-state index in [1.54, 1.807) is 6.07 Å². The summed E-state index contributed by atoms with van der Waals surface area (Å²) < 4.78 is 5.31. The number of aromatic nitrogens is 1. The van der Waals surface area contributed by atoms with E-state index in [2.05, 4.69) is 10.1 Å². The van der Waals surface area contributed by atoms with Crippen LogP contribution in [0, 0.1) is 5.41 Å². The number of carbonyl (C=O) groups excluding carboxylic acids is 2. The van der Waals surface area contributed by atoms with Crippen molar-refractivity contribution in [2.24, 2.45) is 5.41 Å². The van der Waals surface area contributed by atoms with Gasteiger partial charge in [0, 0.05) is 37.7 Å². The van der Waals surface area contributed by atoms with Gasteiger partial charge in [-0.05, 0) is 44.9 Å². The van der Waals surface area contributed by atoms with E-state index >= 15 is 0 Å². The maximum Gasteiger partial charge on any atom is 0.292 e. The number of rotatable bonds is 3. The molecule has 140 valence electrons. The second-order valence-corrected chi connectivity index (χ2v) is 8.69. The molecule has 0 aromatic carbocycles. The quantitative estimate of drug-likeness (QED) is 0.834. The van der Waals surface area contributed by atoms with Crippen LogP contribution >= 0.6 is 0 Å². The van der Waals surface area contributed by atoms with Gasteiger partial charge in [0.25, 0.3) is 5.91 Å². The summed E-state index contributed by atoms with van der Waals surface area (Å²) in [5.74, 6) is 0.999. The maximum atomic E-state index is 13.3. The SMILES string of the molecule is O=C(c1cc(C2CC2)no1)N1CC[C@@]2(CCCN(C3CCCC3)C2=O)C1. The summed E-state index contributed by atoms with van der Waals surface area (Å²) in [5.41, 5.74) is 0.541. The molecule has 5 rings (SSSR count). The lowest BCUT2D eigenvalue weighted by molar-refractivity contribution is -0.148. The molecule has 0 bridgehead atoms. The van der Waals surface area contributed by atoms with Gasteiger partial charge >= 0.3 is 0 Å². The van der Waals surface area contributed by atoms with Crippen LogP contribution in [0.15, 0.2) is 10.6 Å². The van der Waals surface area contributed by atoms with Gasteiger partial charge in [-0.3, -0.25) is 9.59 Å². The molecular weight excluding hydrogens is 330 g/mol. The van der Waals surface area contributed by atoms with Crippen LogP contribution in [0.5, 0.6) is 0 Å². The lowest BCUT2D eigenvalue weighted by atomic mass is 9.77. The Labute approximate surface area is 153 Å². The molecule has 2 saturated carbocycles. The minimum atomic E-state index is -0.365. The number of hydrogen-bond acceptors (Lipinski definition) is 4. The molecule has 1 atom stereocenters. The van der Waals surface area contributed by atoms with Crippen LogP contribution in [0.4, 0.5) is 0 Å². The van der Waals surface area contributed by atoms with Crippen molar-refractivity contribution in [2.75, 3.05) is 19.6 Å². The molecule has 2 amide bonds. The van der Waals surface area contributed by atoms with E-state index in [1.807, 2.05) is 4.90 Å². The zero-order valence-corrected chi connectivity index (χ0v) is 15.3. The third-order valence-corrected chi connectivity index (χ3v) is 6.91. The number of piperidine rings is 1. The van der Waals surface area contributed by atoms with E-state index in [0.29, 0.717) is 36.7 Å². The van der Waals surface area contributed by atoms with Crippen LogP contribution in [-0.2, 0) is 4.79 Å². The predicted molar refractivity (Wildman–Crippen MR) is 94.6 cm³/mol. The van der Waals surface area contributed by atoms with Crippen LogP contribution < -0.4 is 0 Å². The van der Waals surface area contributed by atoms with Crippen molar-refractivity contribution in [3.8, 4) is 0 Å². The molecule has 1 spiro atoms. The highest BCUT2D eigenvalue weighted by Crippen LogP contribution is 2.43. The van der Waals surface area contributed by atoms with Crippen LogP contribution in [-0.4, -0.2) is 52.4 Å². The van der Waals surface area contributed by atoms with E-state index in [1.165, 1.54) is 12.8 Å². The Hall–Kier alpha value is -1.85. The number of hydrogen-bond donors (Lipinski definition) is 0. The van der Waals surface area contributed by atoms with Crippen molar-refractivity contribution in [1.82, 2.24) is 15.0 Å². The van der Waals surface area contributed by atoms with Gasteiger partial charge in [0.1, 0.15) is 0 Å². The fourth-order valence-corrected chi connectivity index (χ4v) is 5.21. The van der Waals surface area contributed by atoms with E-state index in [4.69, 9.17) is 4.52 Å². The van der Waals surface area contributed by atoms with Crippen LogP contribution in [0.25, 0.3) is 0 Å². The second kappa shape index (κ2) is 6.10. The lowest BCUT2D eigenvalue weighted by Crippen LogP contribution is -2.53. The highest BCUT2D eigenvalue weighted by molar-refractivity contribution is 5.93. The molecule has 1 aromatic heterocycles. The second-order valence-electron chi connectivity index (χ2n) is 8.69. The zero-order chi connectivity index (χ0) is 17.7. The van der Waals surface area contributed by atoms with Crippen LogP contribution in [0.2, 0.25) is 0 Å². The smallest absolute Gasteiger partial charge is 0.292 e. The Morgan fingerprint density at radius 2 is 1.92 bits per heavy atom. The maximum absolute atomic E-state index is 13.3. The minimum absolute atomic E-state index is 0.105. The summed E-state index contributed by atoms with van der Waals surface area (Å²) in [6.45, 7) is 2.07. The molecule has 0 radical (unpaired) electrons. The molecule has 4 fully saturated rings. The fourth-order valence-electron chi connectivity index (χ4n) is 5.21. The van der Waals surface area contributed by atoms with Crippen molar-refractivity contribution < 1.29 is 14.1 Å². The molecule has 0 unspecified atom stereocenters. The number of carbonyl (C=O) groups is 2. The third-order valence-electron chi connectivity index (χ3n) is 6.91. The Bertz CT molecular complexity index is 720. The fraction of sp³-hybridized carbons (Fsp3) is 0.750. The molecule has 0 N–H and O–H groups in total. The number of amides is 2. The van der Waals surface area contributed by atoms with Gasteiger partial charge in [-0.15, -0.1) is 0 Å². The summed E-state index contributed by atoms with van der Waals surface area (Å²) in [7, 11) is 0. The van der Waals surface area contributed by atoms with Gasteiger partial charge in [-0.25, -0.2) is 0 Å². The molecule has 6 nitrogen and oxygen atoms in total. The Kier molecular flexibility index (Phi) is 3.83. The average molecular weight is 357 g/mol. The summed E-state index contributed by atoms with van der Waals surface area (Å²) in [6.07, 6.45) is 9.78. The number of likely N-dealkylation sites (tertiary alicyclic amines) is 2. The highest BCUT2D eigenvalue weighted by Gasteiger charge is 2.51. The Morgan fingerprint density at radius 3 is 2.69 bits per heavy atom. The summed E-state index contributed by atoms with van der Waals surface area (Å²) in [6, 6.07) is 2.23. The standard InChI is InChI=1S/C20H27N3O3/c24-18(17-12-16(21-26-17)14-6-7-14)22-11-9-20(13-22)8-3-10-23(19(20)25)15-4-1-2-5-15/h12,14-15H,1-11,13H2/t20-/m0/s1. The van der Waals surface area contributed by atoms with Gasteiger partial charge in [0.05, 0.1) is 11.1 Å². The summed E-state index contributed by atoms with van der Waals surface area (Å²) in [4.78, 5) is 30.1. The highest BCUT2D eigenvalue weighted by atomic mass is 16.5.